The van der Waals surface area contributed by atoms with Crippen molar-refractivity contribution in [3.8, 4) is 46.0 Å². The number of fused-ring (bicyclic) bond motifs is 14. The average Bonchev–Trinajstić information content (AvgIpc) is 4.11. The first-order valence-electron chi connectivity index (χ1n) is 24.1. The molecule has 8 heteroatoms. The first-order valence-corrected chi connectivity index (χ1v) is 24.1. The van der Waals surface area contributed by atoms with Gasteiger partial charge in [0, 0.05) is 60.1 Å². The Morgan fingerprint density at radius 1 is 0.338 bits per heavy atom. The van der Waals surface area contributed by atoms with Crippen molar-refractivity contribution in [1.82, 2.24) is 38.2 Å². The van der Waals surface area contributed by atoms with Crippen LogP contribution in [0.3, 0.4) is 0 Å². The second kappa shape index (κ2) is 15.4. The van der Waals surface area contributed by atoms with Gasteiger partial charge in [0.2, 0.25) is 11.9 Å². The van der Waals surface area contributed by atoms with Crippen LogP contribution < -0.4 is 0 Å². The molecule has 0 amide bonds. The number of allylic oxidation sites excluding steroid dienone is 2. The van der Waals surface area contributed by atoms with Crippen molar-refractivity contribution in [2.75, 3.05) is 0 Å². The van der Waals surface area contributed by atoms with E-state index in [0.717, 1.165) is 117 Å². The molecule has 0 radical (unpaired) electrons. The predicted molar refractivity (Wildman–Crippen MR) is 291 cm³/mol. The predicted octanol–water partition coefficient (Wildman–Crippen LogP) is 15.3. The molecule has 6 aromatic heterocycles. The summed E-state index contributed by atoms with van der Waals surface area (Å²) in [5.74, 6) is 2.47. The van der Waals surface area contributed by atoms with Crippen molar-refractivity contribution < 1.29 is 0 Å². The summed E-state index contributed by atoms with van der Waals surface area (Å²) in [6.07, 6.45) is 9.78. The van der Waals surface area contributed by atoms with Crippen LogP contribution in [0.15, 0.2) is 218 Å². The monoisotopic (exact) mass is 908 g/mol. The molecule has 0 saturated heterocycles. The number of para-hydroxylation sites is 4. The zero-order chi connectivity index (χ0) is 46.6. The Balaban J connectivity index is 1.07. The Morgan fingerprint density at radius 3 is 1.65 bits per heavy atom. The van der Waals surface area contributed by atoms with Crippen LogP contribution in [0.4, 0.5) is 0 Å². The van der Waals surface area contributed by atoms with E-state index in [2.05, 4.69) is 225 Å². The van der Waals surface area contributed by atoms with Crippen LogP contribution in [-0.4, -0.2) is 38.2 Å². The van der Waals surface area contributed by atoms with Crippen molar-refractivity contribution in [3.05, 3.63) is 230 Å². The Labute approximate surface area is 407 Å². The van der Waals surface area contributed by atoms with Crippen LogP contribution in [0.25, 0.3) is 135 Å². The maximum atomic E-state index is 5.66. The molecular weight excluding hydrogens is 869 g/mol. The summed E-state index contributed by atoms with van der Waals surface area (Å²) in [4.78, 5) is 22.0. The summed E-state index contributed by atoms with van der Waals surface area (Å²) in [7, 11) is 0. The van der Waals surface area contributed by atoms with Gasteiger partial charge in [-0.1, -0.05) is 176 Å². The molecule has 0 fully saturated rings. The van der Waals surface area contributed by atoms with Crippen molar-refractivity contribution in [3.63, 3.8) is 0 Å². The molecular formula is C63H40N8. The lowest BCUT2D eigenvalue weighted by Crippen LogP contribution is -2.11. The second-order valence-corrected chi connectivity index (χ2v) is 18.2. The molecule has 0 unspecified atom stereocenters. The zero-order valence-electron chi connectivity index (χ0n) is 38.2. The Hall–Kier alpha value is -9.66. The van der Waals surface area contributed by atoms with E-state index in [9.17, 15) is 0 Å². The van der Waals surface area contributed by atoms with Gasteiger partial charge in [0.15, 0.2) is 5.82 Å². The highest BCUT2D eigenvalue weighted by molar-refractivity contribution is 6.26. The lowest BCUT2D eigenvalue weighted by molar-refractivity contribution is 0.877. The van der Waals surface area contributed by atoms with Crippen molar-refractivity contribution in [2.24, 2.45) is 0 Å². The molecule has 15 rings (SSSR count). The van der Waals surface area contributed by atoms with Crippen LogP contribution in [0.5, 0.6) is 0 Å². The molecule has 71 heavy (non-hydrogen) atoms. The third-order valence-electron chi connectivity index (χ3n) is 14.2. The molecule has 0 atom stereocenters. The largest absolute Gasteiger partial charge is 0.307 e. The standard InChI is InChI=1S/C63H40N8/c1-5-20-40(21-6-1)50-30-19-35-56(64-50)70-52-33-17-14-27-43(52)46-38-39-55-57(58(46)70)49-29-15-18-34-54(49)69(55)62-65-61(41-22-7-2-8-23-41)66-63(67-62)71-53-31-12-4-11-26-45(53)48-37-36-47-44-28-13-16-32-51(44)68(59(47)60(48)71)42-24-9-3-10-25-42/h1-3,5-39H,4H2. The van der Waals surface area contributed by atoms with E-state index in [1.807, 2.05) is 24.3 Å². The lowest BCUT2D eigenvalue weighted by Gasteiger charge is -2.15. The van der Waals surface area contributed by atoms with E-state index in [0.29, 0.717) is 17.7 Å². The van der Waals surface area contributed by atoms with Gasteiger partial charge in [0.05, 0.1) is 50.0 Å². The van der Waals surface area contributed by atoms with E-state index in [1.54, 1.807) is 0 Å². The molecule has 0 N–H and O–H groups in total. The molecule has 14 aromatic rings. The van der Waals surface area contributed by atoms with Gasteiger partial charge in [0.1, 0.15) is 5.82 Å². The average molecular weight is 909 g/mol. The number of hydrogen-bond donors (Lipinski definition) is 0. The molecule has 8 aromatic carbocycles. The van der Waals surface area contributed by atoms with E-state index < -0.39 is 0 Å². The summed E-state index contributed by atoms with van der Waals surface area (Å²) in [6, 6.07) is 72.7. The molecule has 1 aliphatic carbocycles. The fourth-order valence-corrected chi connectivity index (χ4v) is 11.2. The highest BCUT2D eigenvalue weighted by Gasteiger charge is 2.27. The highest BCUT2D eigenvalue weighted by Crippen LogP contribution is 2.44. The van der Waals surface area contributed by atoms with Crippen molar-refractivity contribution >= 4 is 88.5 Å². The van der Waals surface area contributed by atoms with Crippen molar-refractivity contribution in [1.29, 1.82) is 0 Å². The van der Waals surface area contributed by atoms with E-state index in [1.165, 1.54) is 5.39 Å². The minimum atomic E-state index is 0.519. The third-order valence-corrected chi connectivity index (χ3v) is 14.2. The first-order chi connectivity index (χ1) is 35.3. The summed E-state index contributed by atoms with van der Waals surface area (Å²) < 4.78 is 9.25. The summed E-state index contributed by atoms with van der Waals surface area (Å²) >= 11 is 0. The molecule has 0 bridgehead atoms. The summed E-state index contributed by atoms with van der Waals surface area (Å²) in [5.41, 5.74) is 13.5. The van der Waals surface area contributed by atoms with Gasteiger partial charge in [-0.2, -0.15) is 15.0 Å². The molecule has 8 nitrogen and oxygen atoms in total. The fraction of sp³-hybridized carbons (Fsp3) is 0.0159. The van der Waals surface area contributed by atoms with Gasteiger partial charge in [0.25, 0.3) is 0 Å². The molecule has 6 heterocycles. The topological polar surface area (TPSA) is 71.3 Å². The lowest BCUT2D eigenvalue weighted by atomic mass is 10.1. The minimum absolute atomic E-state index is 0.519. The number of rotatable bonds is 6. The van der Waals surface area contributed by atoms with Crippen molar-refractivity contribution in [2.45, 2.75) is 6.42 Å². The van der Waals surface area contributed by atoms with Gasteiger partial charge in [-0.05, 0) is 61.0 Å². The smallest absolute Gasteiger partial charge is 0.240 e. The Bertz CT molecular complexity index is 4530. The Kier molecular flexibility index (Phi) is 8.55. The van der Waals surface area contributed by atoms with E-state index in [4.69, 9.17) is 19.9 Å². The van der Waals surface area contributed by atoms with Crippen LogP contribution in [0.1, 0.15) is 17.7 Å². The first kappa shape index (κ1) is 39.3. The van der Waals surface area contributed by atoms with Crippen LogP contribution >= 0.6 is 0 Å². The maximum Gasteiger partial charge on any atom is 0.240 e. The molecule has 1 aliphatic rings. The molecule has 332 valence electrons. The van der Waals surface area contributed by atoms with Gasteiger partial charge in [-0.25, -0.2) is 4.98 Å². The fourth-order valence-electron chi connectivity index (χ4n) is 11.2. The summed E-state index contributed by atoms with van der Waals surface area (Å²) in [5, 5.41) is 7.93. The van der Waals surface area contributed by atoms with Gasteiger partial charge >= 0.3 is 0 Å². The number of benzene rings is 8. The molecule has 0 spiro atoms. The minimum Gasteiger partial charge on any atom is -0.307 e. The van der Waals surface area contributed by atoms with E-state index >= 15 is 0 Å². The third kappa shape index (κ3) is 5.85. The molecule has 0 aliphatic heterocycles. The normalized spacial score (nSPS) is 12.6. The second-order valence-electron chi connectivity index (χ2n) is 18.2. The SMILES string of the molecule is C1=Cc2c(n(-c3nc(-c4ccccc4)nc(-n4c5ccccc5c5c4ccc4c6ccccc6n(-c6cccc(-c7ccccc7)n6)c45)n3)c3c2ccc2c4ccccc4n(-c4ccccc4)c23)C=CC1. The van der Waals surface area contributed by atoms with Crippen LogP contribution in [0, 0.1) is 0 Å². The van der Waals surface area contributed by atoms with E-state index in [-0.39, 0.29) is 0 Å². The van der Waals surface area contributed by atoms with Gasteiger partial charge in [-0.15, -0.1) is 0 Å². The number of aromatic nitrogens is 8. The van der Waals surface area contributed by atoms with Crippen LogP contribution in [0.2, 0.25) is 0 Å². The quantitative estimate of drug-likeness (QED) is 0.167. The number of nitrogens with zero attached hydrogens (tertiary/aromatic N) is 8. The van der Waals surface area contributed by atoms with Gasteiger partial charge in [-0.3, -0.25) is 13.7 Å². The number of hydrogen-bond acceptors (Lipinski definition) is 4. The number of pyridine rings is 1. The maximum absolute atomic E-state index is 5.66. The summed E-state index contributed by atoms with van der Waals surface area (Å²) in [6.45, 7) is 0. The van der Waals surface area contributed by atoms with Crippen LogP contribution in [-0.2, 0) is 0 Å². The zero-order valence-corrected chi connectivity index (χ0v) is 38.2. The highest BCUT2D eigenvalue weighted by atomic mass is 15.3. The Morgan fingerprint density at radius 2 is 0.901 bits per heavy atom. The van der Waals surface area contributed by atoms with Gasteiger partial charge < -0.3 is 4.57 Å². The molecule has 0 saturated carbocycles.